The maximum Gasteiger partial charge on any atom is 0.338 e. The molecule has 0 atom stereocenters. The van der Waals surface area contributed by atoms with Crippen molar-refractivity contribution in [1.82, 2.24) is 0 Å². The molecule has 7 nitrogen and oxygen atoms in total. The van der Waals surface area contributed by atoms with Gasteiger partial charge in [0.2, 0.25) is 0 Å². The highest BCUT2D eigenvalue weighted by Gasteiger charge is 2.16. The number of esters is 1. The predicted molar refractivity (Wildman–Crippen MR) is 103 cm³/mol. The van der Waals surface area contributed by atoms with Crippen LogP contribution in [0.3, 0.4) is 0 Å². The fourth-order valence-electron chi connectivity index (χ4n) is 2.32. The maximum atomic E-state index is 12.6. The van der Waals surface area contributed by atoms with Gasteiger partial charge < -0.3 is 26.8 Å². The van der Waals surface area contributed by atoms with Crippen molar-refractivity contribution >= 4 is 23.3 Å². The van der Waals surface area contributed by atoms with Gasteiger partial charge in [0.25, 0.3) is 5.69 Å². The zero-order chi connectivity index (χ0) is 19.8. The van der Waals surface area contributed by atoms with E-state index in [2.05, 4.69) is 0 Å². The Hall–Kier alpha value is -2.90. The summed E-state index contributed by atoms with van der Waals surface area (Å²) in [6, 6.07) is 13.1. The minimum Gasteiger partial charge on any atom is -1.00 e. The van der Waals surface area contributed by atoms with E-state index < -0.39 is 10.9 Å². The van der Waals surface area contributed by atoms with Gasteiger partial charge in [-0.15, -0.1) is 0 Å². The lowest BCUT2D eigenvalue weighted by Gasteiger charge is -2.11. The van der Waals surface area contributed by atoms with Gasteiger partial charge in [-0.2, -0.15) is 0 Å². The standard InChI is InChI=1S/C20H22N2O5.ClH/c1-21(2)12-13-27-20(23)19(14-15-4-10-18(26-3)11-5-15)16-6-8-17(9-7-16)22(24)25;/h4-11,14H,12-13H2,1-3H3;1H/b19-14-;. The number of hydrogen-bond donors (Lipinski definition) is 1. The first kappa shape index (κ1) is 23.1. The fourth-order valence-corrected chi connectivity index (χ4v) is 2.32. The van der Waals surface area contributed by atoms with E-state index in [0.717, 1.165) is 5.56 Å². The molecule has 0 radical (unpaired) electrons. The van der Waals surface area contributed by atoms with Crippen LogP contribution in [0.15, 0.2) is 48.5 Å². The summed E-state index contributed by atoms with van der Waals surface area (Å²) >= 11 is 0. The highest BCUT2D eigenvalue weighted by Crippen LogP contribution is 2.23. The van der Waals surface area contributed by atoms with E-state index >= 15 is 0 Å². The number of quaternary nitrogens is 1. The van der Waals surface area contributed by atoms with Gasteiger partial charge in [-0.05, 0) is 41.5 Å². The van der Waals surface area contributed by atoms with Crippen molar-refractivity contribution in [3.05, 3.63) is 69.8 Å². The van der Waals surface area contributed by atoms with Crippen molar-refractivity contribution in [3.8, 4) is 5.75 Å². The van der Waals surface area contributed by atoms with Gasteiger partial charge >= 0.3 is 5.97 Å². The molecule has 2 rings (SSSR count). The molecule has 0 spiro atoms. The number of halogens is 1. The Kier molecular flexibility index (Phi) is 9.14. The molecule has 0 unspecified atom stereocenters. The fraction of sp³-hybridized carbons (Fsp3) is 0.250. The average Bonchev–Trinajstić information content (AvgIpc) is 2.66. The summed E-state index contributed by atoms with van der Waals surface area (Å²) in [5.41, 5.74) is 1.65. The number of carbonyl (C=O) groups excluding carboxylic acids is 1. The van der Waals surface area contributed by atoms with Gasteiger partial charge in [0.1, 0.15) is 18.9 Å². The molecular formula is C20H23ClN2O5. The lowest BCUT2D eigenvalue weighted by molar-refractivity contribution is -0.858. The summed E-state index contributed by atoms with van der Waals surface area (Å²) in [6.45, 7) is 0.968. The Balaban J connectivity index is 0.00000392. The van der Waals surface area contributed by atoms with E-state index in [0.29, 0.717) is 23.4 Å². The monoisotopic (exact) mass is 406 g/mol. The number of rotatable bonds is 8. The zero-order valence-corrected chi connectivity index (χ0v) is 16.7. The zero-order valence-electron chi connectivity index (χ0n) is 16.0. The first-order chi connectivity index (χ1) is 12.9. The molecule has 8 heteroatoms. The highest BCUT2D eigenvalue weighted by molar-refractivity contribution is 6.21. The second-order valence-corrected chi connectivity index (χ2v) is 6.23. The number of hydrogen-bond acceptors (Lipinski definition) is 5. The smallest absolute Gasteiger partial charge is 0.338 e. The molecule has 0 aliphatic rings. The molecule has 2 aromatic rings. The van der Waals surface area contributed by atoms with Crippen molar-refractivity contribution in [1.29, 1.82) is 0 Å². The summed E-state index contributed by atoms with van der Waals surface area (Å²) in [4.78, 5) is 24.2. The van der Waals surface area contributed by atoms with Gasteiger partial charge in [-0.1, -0.05) is 12.1 Å². The van der Waals surface area contributed by atoms with Crippen LogP contribution < -0.4 is 22.0 Å². The summed E-state index contributed by atoms with van der Waals surface area (Å²) in [5.74, 6) is 0.237. The number of nitrogens with zero attached hydrogens (tertiary/aromatic N) is 1. The molecule has 0 amide bonds. The molecule has 0 heterocycles. The van der Waals surface area contributed by atoms with E-state index in [-0.39, 0.29) is 24.7 Å². The quantitative estimate of drug-likeness (QED) is 0.196. The topological polar surface area (TPSA) is 83.1 Å². The molecule has 2 aromatic carbocycles. The number of carbonyl (C=O) groups is 1. The molecule has 28 heavy (non-hydrogen) atoms. The Morgan fingerprint density at radius 1 is 1.11 bits per heavy atom. The summed E-state index contributed by atoms with van der Waals surface area (Å²) in [6.07, 6.45) is 1.70. The van der Waals surface area contributed by atoms with Crippen LogP contribution in [0.25, 0.3) is 11.6 Å². The summed E-state index contributed by atoms with van der Waals surface area (Å²) in [7, 11) is 5.52. The van der Waals surface area contributed by atoms with Crippen molar-refractivity contribution in [2.75, 3.05) is 34.4 Å². The molecule has 0 fully saturated rings. The van der Waals surface area contributed by atoms with Crippen LogP contribution in [0.5, 0.6) is 5.75 Å². The van der Waals surface area contributed by atoms with E-state index in [1.54, 1.807) is 37.5 Å². The first-order valence-corrected chi connectivity index (χ1v) is 8.47. The number of nitro groups is 1. The lowest BCUT2D eigenvalue weighted by Crippen LogP contribution is -3.06. The highest BCUT2D eigenvalue weighted by atomic mass is 35.5. The normalized spacial score (nSPS) is 10.9. The van der Waals surface area contributed by atoms with Crippen LogP contribution in [0.1, 0.15) is 11.1 Å². The van der Waals surface area contributed by atoms with E-state index in [9.17, 15) is 14.9 Å². The van der Waals surface area contributed by atoms with Crippen LogP contribution in [0.4, 0.5) is 5.69 Å². The van der Waals surface area contributed by atoms with Crippen LogP contribution >= 0.6 is 0 Å². The minimum atomic E-state index is -0.477. The third-order valence-corrected chi connectivity index (χ3v) is 3.87. The van der Waals surface area contributed by atoms with E-state index in [1.807, 2.05) is 26.2 Å². The molecule has 0 bridgehead atoms. The van der Waals surface area contributed by atoms with Crippen molar-refractivity contribution in [2.24, 2.45) is 0 Å². The van der Waals surface area contributed by atoms with Crippen LogP contribution in [0, 0.1) is 10.1 Å². The Labute approximate surface area is 170 Å². The second-order valence-electron chi connectivity index (χ2n) is 6.23. The van der Waals surface area contributed by atoms with Crippen LogP contribution in [-0.4, -0.2) is 45.2 Å². The molecule has 0 saturated carbocycles. The predicted octanol–water partition coefficient (Wildman–Crippen LogP) is -1.16. The van der Waals surface area contributed by atoms with Gasteiger partial charge in [-0.3, -0.25) is 10.1 Å². The number of likely N-dealkylation sites (N-methyl/N-ethyl adjacent to an activating group) is 1. The average molecular weight is 407 g/mol. The third-order valence-electron chi connectivity index (χ3n) is 3.87. The number of nitrogens with one attached hydrogen (secondary N) is 1. The molecule has 0 aliphatic heterocycles. The molecule has 150 valence electrons. The van der Waals surface area contributed by atoms with Gasteiger partial charge in [-0.25, -0.2) is 4.79 Å². The number of nitro benzene ring substituents is 1. The maximum absolute atomic E-state index is 12.6. The van der Waals surface area contributed by atoms with Crippen molar-refractivity contribution in [2.45, 2.75) is 0 Å². The van der Waals surface area contributed by atoms with Gasteiger partial charge in [0.15, 0.2) is 0 Å². The van der Waals surface area contributed by atoms with E-state index in [1.165, 1.54) is 17.0 Å². The molecule has 1 N–H and O–H groups in total. The van der Waals surface area contributed by atoms with Gasteiger partial charge in [0, 0.05) is 12.1 Å². The number of benzene rings is 2. The summed E-state index contributed by atoms with van der Waals surface area (Å²) in [5, 5.41) is 10.9. The van der Waals surface area contributed by atoms with Crippen LogP contribution in [0.2, 0.25) is 0 Å². The lowest BCUT2D eigenvalue weighted by atomic mass is 10.0. The Morgan fingerprint density at radius 3 is 2.21 bits per heavy atom. The van der Waals surface area contributed by atoms with Crippen molar-refractivity contribution in [3.63, 3.8) is 0 Å². The molecule has 0 aliphatic carbocycles. The summed E-state index contributed by atoms with van der Waals surface area (Å²) < 4.78 is 10.5. The Morgan fingerprint density at radius 2 is 1.71 bits per heavy atom. The van der Waals surface area contributed by atoms with Crippen LogP contribution in [-0.2, 0) is 9.53 Å². The van der Waals surface area contributed by atoms with Crippen molar-refractivity contribution < 1.29 is 36.5 Å². The largest absolute Gasteiger partial charge is 1.00 e. The number of methoxy groups -OCH3 is 1. The molecule has 0 saturated heterocycles. The third kappa shape index (κ3) is 6.68. The minimum absolute atomic E-state index is 0. The molecular weight excluding hydrogens is 384 g/mol. The van der Waals surface area contributed by atoms with Gasteiger partial charge in [0.05, 0.1) is 31.7 Å². The second kappa shape index (κ2) is 11.1. The number of non-ortho nitro benzene ring substituents is 1. The van der Waals surface area contributed by atoms with E-state index in [4.69, 9.17) is 9.47 Å². The first-order valence-electron chi connectivity index (χ1n) is 8.47. The molecule has 0 aromatic heterocycles. The Bertz CT molecular complexity index is 817. The number of ether oxygens (including phenoxy) is 2. The SMILES string of the molecule is COc1ccc(/C=C(\C(=O)OCC[NH+](C)C)c2ccc([N+](=O)[O-])cc2)cc1.[Cl-].